The van der Waals surface area contributed by atoms with Crippen LogP contribution in [0, 0.1) is 0 Å². The molecule has 2 amide bonds. The van der Waals surface area contributed by atoms with E-state index >= 15 is 0 Å². The number of hydrogen-bond acceptors (Lipinski definition) is 4. The van der Waals surface area contributed by atoms with Crippen LogP contribution in [0.15, 0.2) is 42.5 Å². The van der Waals surface area contributed by atoms with Gasteiger partial charge in [0.1, 0.15) is 5.75 Å². The minimum absolute atomic E-state index is 0.00771. The summed E-state index contributed by atoms with van der Waals surface area (Å²) in [5.74, 6) is 0.559. The van der Waals surface area contributed by atoms with Gasteiger partial charge in [0.2, 0.25) is 5.91 Å². The van der Waals surface area contributed by atoms with Gasteiger partial charge in [-0.05, 0) is 42.7 Å². The number of hydrogen-bond donors (Lipinski definition) is 1. The fraction of sp³-hybridized carbons (Fsp3) is 0.300. The molecular formula is C20H21N3O3. The molecular weight excluding hydrogens is 330 g/mol. The van der Waals surface area contributed by atoms with Crippen molar-refractivity contribution in [3.8, 4) is 5.75 Å². The van der Waals surface area contributed by atoms with Crippen molar-refractivity contribution < 1.29 is 14.3 Å². The van der Waals surface area contributed by atoms with Crippen molar-refractivity contribution in [1.29, 1.82) is 0 Å². The number of amides is 2. The normalized spacial score (nSPS) is 15.9. The molecule has 2 aliphatic heterocycles. The second-order valence-electron chi connectivity index (χ2n) is 6.55. The van der Waals surface area contributed by atoms with Gasteiger partial charge in [-0.25, -0.2) is 0 Å². The highest BCUT2D eigenvalue weighted by Crippen LogP contribution is 2.33. The molecule has 6 nitrogen and oxygen atoms in total. The SMILES string of the molecule is Nc1cccc2c1CCCN2C(=O)CCN1C(=O)COc2ccccc21. The van der Waals surface area contributed by atoms with Crippen LogP contribution in [0.5, 0.6) is 5.75 Å². The maximum atomic E-state index is 12.8. The molecule has 2 aromatic rings. The molecule has 0 aromatic heterocycles. The molecule has 0 atom stereocenters. The second-order valence-corrected chi connectivity index (χ2v) is 6.55. The van der Waals surface area contributed by atoms with E-state index in [1.165, 1.54) is 0 Å². The number of ether oxygens (including phenoxy) is 1. The molecule has 2 aromatic carbocycles. The first kappa shape index (κ1) is 16.4. The van der Waals surface area contributed by atoms with Crippen LogP contribution < -0.4 is 20.3 Å². The Kier molecular flexibility index (Phi) is 4.24. The molecule has 2 aliphatic rings. The molecule has 0 fully saturated rings. The zero-order chi connectivity index (χ0) is 18.1. The van der Waals surface area contributed by atoms with Gasteiger partial charge < -0.3 is 20.3 Å². The van der Waals surface area contributed by atoms with Gasteiger partial charge in [0.15, 0.2) is 6.61 Å². The summed E-state index contributed by atoms with van der Waals surface area (Å²) < 4.78 is 5.45. The third-order valence-electron chi connectivity index (χ3n) is 4.95. The van der Waals surface area contributed by atoms with Gasteiger partial charge in [0, 0.05) is 30.9 Å². The van der Waals surface area contributed by atoms with E-state index in [1.807, 2.05) is 42.5 Å². The lowest BCUT2D eigenvalue weighted by atomic mass is 9.99. The maximum Gasteiger partial charge on any atom is 0.265 e. The quantitative estimate of drug-likeness (QED) is 0.862. The summed E-state index contributed by atoms with van der Waals surface area (Å²) in [6.07, 6.45) is 2.04. The molecule has 0 spiro atoms. The molecule has 0 bridgehead atoms. The predicted octanol–water partition coefficient (Wildman–Crippen LogP) is 2.36. The van der Waals surface area contributed by atoms with Gasteiger partial charge in [0.05, 0.1) is 5.69 Å². The Balaban J connectivity index is 1.51. The number of nitrogens with zero attached hydrogens (tertiary/aromatic N) is 2. The van der Waals surface area contributed by atoms with E-state index in [9.17, 15) is 9.59 Å². The largest absolute Gasteiger partial charge is 0.482 e. The van der Waals surface area contributed by atoms with Crippen LogP contribution in [0.3, 0.4) is 0 Å². The van der Waals surface area contributed by atoms with Crippen LogP contribution in [-0.2, 0) is 16.0 Å². The summed E-state index contributed by atoms with van der Waals surface area (Å²) in [5, 5.41) is 0. The van der Waals surface area contributed by atoms with E-state index in [-0.39, 0.29) is 24.8 Å². The lowest BCUT2D eigenvalue weighted by Gasteiger charge is -2.32. The summed E-state index contributed by atoms with van der Waals surface area (Å²) in [7, 11) is 0. The first-order chi connectivity index (χ1) is 12.6. The molecule has 2 N–H and O–H groups in total. The number of anilines is 3. The number of nitrogens with two attached hydrogens (primary N) is 1. The smallest absolute Gasteiger partial charge is 0.265 e. The van der Waals surface area contributed by atoms with Gasteiger partial charge in [0.25, 0.3) is 5.91 Å². The molecule has 0 saturated heterocycles. The molecule has 0 radical (unpaired) electrons. The van der Waals surface area contributed by atoms with Crippen LogP contribution in [-0.4, -0.2) is 31.5 Å². The lowest BCUT2D eigenvalue weighted by Crippen LogP contribution is -2.42. The first-order valence-corrected chi connectivity index (χ1v) is 8.85. The number of benzene rings is 2. The number of carbonyl (C=O) groups excluding carboxylic acids is 2. The number of rotatable bonds is 3. The summed E-state index contributed by atoms with van der Waals surface area (Å²) in [4.78, 5) is 28.5. The highest BCUT2D eigenvalue weighted by molar-refractivity contribution is 6.00. The van der Waals surface area contributed by atoms with Crippen molar-refractivity contribution in [3.05, 3.63) is 48.0 Å². The summed E-state index contributed by atoms with van der Waals surface area (Å²) in [5.41, 5.74) is 9.46. The van der Waals surface area contributed by atoms with Gasteiger partial charge >= 0.3 is 0 Å². The fourth-order valence-corrected chi connectivity index (χ4v) is 3.65. The molecule has 134 valence electrons. The van der Waals surface area contributed by atoms with Gasteiger partial charge in [-0.1, -0.05) is 18.2 Å². The fourth-order valence-electron chi connectivity index (χ4n) is 3.65. The van der Waals surface area contributed by atoms with Crippen LogP contribution in [0.2, 0.25) is 0 Å². The molecule has 0 saturated carbocycles. The Morgan fingerprint density at radius 1 is 1.12 bits per heavy atom. The van der Waals surface area contributed by atoms with Crippen LogP contribution in [0.4, 0.5) is 17.1 Å². The highest BCUT2D eigenvalue weighted by Gasteiger charge is 2.28. The van der Waals surface area contributed by atoms with Gasteiger partial charge in [-0.3, -0.25) is 9.59 Å². The van der Waals surface area contributed by atoms with Crippen molar-refractivity contribution in [1.82, 2.24) is 0 Å². The Hall–Kier alpha value is -3.02. The standard InChI is InChI=1S/C20H21N3O3/c21-15-6-3-8-16-14(15)5-4-11-22(16)19(24)10-12-23-17-7-1-2-9-18(17)26-13-20(23)25/h1-3,6-9H,4-5,10-13,21H2. The predicted molar refractivity (Wildman–Crippen MR) is 100 cm³/mol. The number of nitrogen functional groups attached to an aromatic ring is 1. The Bertz CT molecular complexity index is 865. The molecule has 4 rings (SSSR count). The third-order valence-corrected chi connectivity index (χ3v) is 4.95. The average molecular weight is 351 g/mol. The molecule has 2 heterocycles. The highest BCUT2D eigenvalue weighted by atomic mass is 16.5. The van der Waals surface area contributed by atoms with Crippen molar-refractivity contribution in [3.63, 3.8) is 0 Å². The van der Waals surface area contributed by atoms with Crippen LogP contribution in [0.1, 0.15) is 18.4 Å². The molecule has 0 aliphatic carbocycles. The van der Waals surface area contributed by atoms with E-state index in [2.05, 4.69) is 0 Å². The number of fused-ring (bicyclic) bond motifs is 2. The van der Waals surface area contributed by atoms with E-state index in [0.717, 1.165) is 35.5 Å². The Morgan fingerprint density at radius 2 is 1.92 bits per heavy atom. The summed E-state index contributed by atoms with van der Waals surface area (Å²) in [6, 6.07) is 13.1. The molecule has 0 unspecified atom stereocenters. The average Bonchev–Trinajstić information content (AvgIpc) is 2.67. The van der Waals surface area contributed by atoms with Crippen LogP contribution in [0.25, 0.3) is 0 Å². The van der Waals surface area contributed by atoms with E-state index in [0.29, 0.717) is 18.8 Å². The Morgan fingerprint density at radius 3 is 2.81 bits per heavy atom. The minimum atomic E-state index is -0.125. The minimum Gasteiger partial charge on any atom is -0.482 e. The Labute approximate surface area is 152 Å². The van der Waals surface area contributed by atoms with Gasteiger partial charge in [-0.2, -0.15) is 0 Å². The van der Waals surface area contributed by atoms with Crippen molar-refractivity contribution in [2.45, 2.75) is 19.3 Å². The molecule has 6 heteroatoms. The second kappa shape index (κ2) is 6.71. The van der Waals surface area contributed by atoms with E-state index < -0.39 is 0 Å². The number of carbonyl (C=O) groups is 2. The monoisotopic (exact) mass is 351 g/mol. The zero-order valence-corrected chi connectivity index (χ0v) is 14.5. The van der Waals surface area contributed by atoms with Gasteiger partial charge in [-0.15, -0.1) is 0 Å². The zero-order valence-electron chi connectivity index (χ0n) is 14.5. The van der Waals surface area contributed by atoms with Crippen LogP contribution >= 0.6 is 0 Å². The van der Waals surface area contributed by atoms with E-state index in [1.54, 1.807) is 9.80 Å². The summed E-state index contributed by atoms with van der Waals surface area (Å²) >= 11 is 0. The van der Waals surface area contributed by atoms with Crippen molar-refractivity contribution in [2.24, 2.45) is 0 Å². The number of para-hydroxylation sites is 2. The van der Waals surface area contributed by atoms with E-state index in [4.69, 9.17) is 10.5 Å². The lowest BCUT2D eigenvalue weighted by molar-refractivity contribution is -0.121. The first-order valence-electron chi connectivity index (χ1n) is 8.85. The van der Waals surface area contributed by atoms with Crippen molar-refractivity contribution >= 4 is 28.9 Å². The van der Waals surface area contributed by atoms with Crippen molar-refractivity contribution in [2.75, 3.05) is 35.2 Å². The molecule has 26 heavy (non-hydrogen) atoms. The topological polar surface area (TPSA) is 75.9 Å². The maximum absolute atomic E-state index is 12.8. The third kappa shape index (κ3) is 2.87. The summed E-state index contributed by atoms with van der Waals surface area (Å²) in [6.45, 7) is 1.03.